The van der Waals surface area contributed by atoms with Crippen LogP contribution in [0.5, 0.6) is 0 Å². The lowest BCUT2D eigenvalue weighted by molar-refractivity contribution is -0.155. The maximum Gasteiger partial charge on any atom is 0.341 e. The highest BCUT2D eigenvalue weighted by atomic mass is 16.5. The lowest BCUT2D eigenvalue weighted by Crippen LogP contribution is -2.51. The molecule has 0 aromatic carbocycles. The van der Waals surface area contributed by atoms with E-state index in [0.29, 0.717) is 42.8 Å². The van der Waals surface area contributed by atoms with Gasteiger partial charge in [0.15, 0.2) is 11.6 Å². The van der Waals surface area contributed by atoms with Crippen molar-refractivity contribution in [2.75, 3.05) is 0 Å². The van der Waals surface area contributed by atoms with E-state index in [1.807, 2.05) is 6.08 Å². The summed E-state index contributed by atoms with van der Waals surface area (Å²) in [5.74, 6) is 1.71. The number of allylic oxidation sites excluding steroid dienone is 2. The Hall–Kier alpha value is -1.71. The number of fused-ring (bicyclic) bond motifs is 5. The Labute approximate surface area is 173 Å². The molecule has 3 saturated carbocycles. The highest BCUT2D eigenvalue weighted by molar-refractivity contribution is 6.18. The van der Waals surface area contributed by atoms with Crippen LogP contribution in [0.3, 0.4) is 0 Å². The molecule has 0 aromatic heterocycles. The molecule has 0 N–H and O–H groups in total. The van der Waals surface area contributed by atoms with Gasteiger partial charge in [0.1, 0.15) is 6.10 Å². The summed E-state index contributed by atoms with van der Waals surface area (Å²) in [6, 6.07) is 0. The molecule has 0 aliphatic heterocycles. The molecule has 156 valence electrons. The fourth-order valence-electron chi connectivity index (χ4n) is 7.69. The largest absolute Gasteiger partial charge is 0.458 e. The van der Waals surface area contributed by atoms with Crippen molar-refractivity contribution >= 4 is 17.5 Å². The average molecular weight is 397 g/mol. The second-order valence-corrected chi connectivity index (χ2v) is 10.6. The van der Waals surface area contributed by atoms with Crippen molar-refractivity contribution < 1.29 is 19.1 Å². The van der Waals surface area contributed by atoms with Crippen LogP contribution >= 0.6 is 0 Å². The van der Waals surface area contributed by atoms with Gasteiger partial charge in [0.25, 0.3) is 0 Å². The van der Waals surface area contributed by atoms with Gasteiger partial charge in [-0.1, -0.05) is 25.5 Å². The topological polar surface area (TPSA) is 60.4 Å². The summed E-state index contributed by atoms with van der Waals surface area (Å²) in [7, 11) is 0. The molecule has 5 rings (SSSR count). The van der Waals surface area contributed by atoms with Gasteiger partial charge in [0, 0.05) is 18.3 Å². The Morgan fingerprint density at radius 1 is 1.00 bits per heavy atom. The summed E-state index contributed by atoms with van der Waals surface area (Å²) in [5.41, 5.74) is 1.86. The first-order valence-corrected chi connectivity index (χ1v) is 11.5. The standard InChI is InChI=1S/C25H32O4/c1-24-12-10-16(26)14-15(24)6-7-17-19-8-9-22(25(19,2)13-11-20(17)24)29-23(28)18-4-3-5-21(18)27/h4,14,17,19-20,22H,3,5-13H2,1-2H3/t17-,19-,20-,22-,24-,25-/m0/s1. The Morgan fingerprint density at radius 2 is 1.83 bits per heavy atom. The van der Waals surface area contributed by atoms with Crippen LogP contribution in [0.25, 0.3) is 0 Å². The Bertz CT molecular complexity index is 836. The molecule has 0 bridgehead atoms. The molecule has 5 aliphatic carbocycles. The van der Waals surface area contributed by atoms with Crippen molar-refractivity contribution in [1.29, 1.82) is 0 Å². The van der Waals surface area contributed by atoms with Gasteiger partial charge >= 0.3 is 5.97 Å². The van der Waals surface area contributed by atoms with E-state index in [1.165, 1.54) is 5.57 Å². The minimum Gasteiger partial charge on any atom is -0.458 e. The number of hydrogen-bond donors (Lipinski definition) is 0. The summed E-state index contributed by atoms with van der Waals surface area (Å²) >= 11 is 0. The molecule has 0 aromatic rings. The van der Waals surface area contributed by atoms with Crippen LogP contribution in [0.1, 0.15) is 78.1 Å². The monoisotopic (exact) mass is 396 g/mol. The van der Waals surface area contributed by atoms with Crippen molar-refractivity contribution in [3.05, 3.63) is 23.3 Å². The third kappa shape index (κ3) is 2.81. The van der Waals surface area contributed by atoms with Crippen molar-refractivity contribution in [1.82, 2.24) is 0 Å². The maximum atomic E-state index is 12.6. The Kier molecular flexibility index (Phi) is 4.42. The first-order valence-electron chi connectivity index (χ1n) is 11.5. The summed E-state index contributed by atoms with van der Waals surface area (Å²) in [6.45, 7) is 4.72. The minimum absolute atomic E-state index is 0.0150. The van der Waals surface area contributed by atoms with Crippen LogP contribution < -0.4 is 0 Å². The zero-order chi connectivity index (χ0) is 20.4. The lowest BCUT2D eigenvalue weighted by atomic mass is 9.47. The van der Waals surface area contributed by atoms with E-state index >= 15 is 0 Å². The molecule has 5 aliphatic rings. The molecule has 4 nitrogen and oxygen atoms in total. The molecule has 0 heterocycles. The number of carbonyl (C=O) groups is 3. The SMILES string of the molecule is C[C@]12CC[C@H]3[C@@H](CCC4=CC(=O)CC[C@@]43C)[C@@H]1CC[C@@H]2OC(=O)C1=CCCC1=O. The molecule has 0 amide bonds. The highest BCUT2D eigenvalue weighted by Crippen LogP contribution is 2.65. The molecular weight excluding hydrogens is 364 g/mol. The number of hydrogen-bond acceptors (Lipinski definition) is 4. The Morgan fingerprint density at radius 3 is 2.59 bits per heavy atom. The molecule has 4 heteroatoms. The van der Waals surface area contributed by atoms with E-state index in [4.69, 9.17) is 4.74 Å². The van der Waals surface area contributed by atoms with E-state index in [-0.39, 0.29) is 28.3 Å². The second-order valence-electron chi connectivity index (χ2n) is 10.6. The smallest absolute Gasteiger partial charge is 0.341 e. The van der Waals surface area contributed by atoms with Crippen LogP contribution in [-0.4, -0.2) is 23.6 Å². The zero-order valence-corrected chi connectivity index (χ0v) is 17.7. The highest BCUT2D eigenvalue weighted by Gasteiger charge is 2.60. The van der Waals surface area contributed by atoms with E-state index < -0.39 is 5.97 Å². The molecule has 0 saturated heterocycles. The van der Waals surface area contributed by atoms with Gasteiger partial charge in [0.2, 0.25) is 0 Å². The predicted octanol–water partition coefficient (Wildman–Crippen LogP) is 4.72. The van der Waals surface area contributed by atoms with E-state index in [0.717, 1.165) is 44.9 Å². The molecule has 0 spiro atoms. The third-order valence-electron chi connectivity index (χ3n) is 9.36. The van der Waals surface area contributed by atoms with Crippen LogP contribution in [0.4, 0.5) is 0 Å². The summed E-state index contributed by atoms with van der Waals surface area (Å²) < 4.78 is 5.98. The van der Waals surface area contributed by atoms with Gasteiger partial charge in [-0.15, -0.1) is 0 Å². The zero-order valence-electron chi connectivity index (χ0n) is 17.7. The Balaban J connectivity index is 1.36. The molecule has 0 unspecified atom stereocenters. The fraction of sp³-hybridized carbons (Fsp3) is 0.720. The van der Waals surface area contributed by atoms with Gasteiger partial charge < -0.3 is 4.74 Å². The van der Waals surface area contributed by atoms with Crippen molar-refractivity contribution in [2.45, 2.75) is 84.2 Å². The van der Waals surface area contributed by atoms with Gasteiger partial charge in [-0.2, -0.15) is 0 Å². The molecule has 0 radical (unpaired) electrons. The van der Waals surface area contributed by atoms with E-state index in [1.54, 1.807) is 6.08 Å². The minimum atomic E-state index is -0.395. The number of Topliss-reactive ketones (excluding diaryl/α,β-unsaturated/α-hetero) is 1. The quantitative estimate of drug-likeness (QED) is 0.501. The van der Waals surface area contributed by atoms with Gasteiger partial charge in [0.05, 0.1) is 5.57 Å². The van der Waals surface area contributed by atoms with Gasteiger partial charge in [-0.05, 0) is 80.6 Å². The van der Waals surface area contributed by atoms with Crippen molar-refractivity contribution in [3.8, 4) is 0 Å². The van der Waals surface area contributed by atoms with Crippen LogP contribution in [0.2, 0.25) is 0 Å². The number of carbonyl (C=O) groups excluding carboxylic acids is 3. The van der Waals surface area contributed by atoms with Crippen LogP contribution in [-0.2, 0) is 19.1 Å². The van der Waals surface area contributed by atoms with Gasteiger partial charge in [-0.25, -0.2) is 4.79 Å². The van der Waals surface area contributed by atoms with Crippen LogP contribution in [0.15, 0.2) is 23.3 Å². The number of rotatable bonds is 2. The van der Waals surface area contributed by atoms with Gasteiger partial charge in [-0.3, -0.25) is 9.59 Å². The molecule has 3 fully saturated rings. The molecule has 29 heavy (non-hydrogen) atoms. The normalized spacial score (nSPS) is 43.8. The third-order valence-corrected chi connectivity index (χ3v) is 9.36. The first kappa shape index (κ1) is 19.3. The number of ether oxygens (including phenoxy) is 1. The lowest BCUT2D eigenvalue weighted by Gasteiger charge is -2.57. The molecule has 6 atom stereocenters. The average Bonchev–Trinajstić information content (AvgIpc) is 3.26. The fourth-order valence-corrected chi connectivity index (χ4v) is 7.69. The van der Waals surface area contributed by atoms with Crippen molar-refractivity contribution in [3.63, 3.8) is 0 Å². The van der Waals surface area contributed by atoms with E-state index in [9.17, 15) is 14.4 Å². The predicted molar refractivity (Wildman–Crippen MR) is 109 cm³/mol. The summed E-state index contributed by atoms with van der Waals surface area (Å²) in [4.78, 5) is 36.5. The number of ketones is 2. The number of esters is 1. The second kappa shape index (κ2) is 6.65. The van der Waals surface area contributed by atoms with E-state index in [2.05, 4.69) is 13.8 Å². The maximum absolute atomic E-state index is 12.6. The summed E-state index contributed by atoms with van der Waals surface area (Å²) in [5, 5.41) is 0. The molecular formula is C25H32O4. The van der Waals surface area contributed by atoms with Crippen LogP contribution in [0, 0.1) is 28.6 Å². The summed E-state index contributed by atoms with van der Waals surface area (Å²) in [6.07, 6.45) is 12.9. The first-order chi connectivity index (χ1) is 13.8. The van der Waals surface area contributed by atoms with Crippen molar-refractivity contribution in [2.24, 2.45) is 28.6 Å².